The van der Waals surface area contributed by atoms with Gasteiger partial charge >= 0.3 is 0 Å². The molecule has 1 aliphatic rings. The third kappa shape index (κ3) is 7.24. The summed E-state index contributed by atoms with van der Waals surface area (Å²) in [5.41, 5.74) is 0.383. The van der Waals surface area contributed by atoms with Gasteiger partial charge < -0.3 is 5.32 Å². The van der Waals surface area contributed by atoms with Crippen molar-refractivity contribution in [2.75, 3.05) is 30.9 Å². The monoisotopic (exact) mass is 274 g/mol. The maximum absolute atomic E-state index is 4.59. The SMILES string of the molecule is CSCCCCCCNC1=NCC(C)(C)CS1. The molecule has 0 amide bonds. The number of hydrogen-bond acceptors (Lipinski definition) is 4. The lowest BCUT2D eigenvalue weighted by Gasteiger charge is -2.27. The number of hydrogen-bond donors (Lipinski definition) is 1. The molecule has 0 unspecified atom stereocenters. The lowest BCUT2D eigenvalue weighted by Crippen LogP contribution is -2.31. The van der Waals surface area contributed by atoms with Crippen molar-refractivity contribution in [2.45, 2.75) is 39.5 Å². The topological polar surface area (TPSA) is 24.4 Å². The van der Waals surface area contributed by atoms with Gasteiger partial charge in [0.25, 0.3) is 0 Å². The Kier molecular flexibility index (Phi) is 7.44. The molecule has 1 N–H and O–H groups in total. The molecule has 1 aliphatic heterocycles. The molecule has 1 rings (SSSR count). The normalized spacial score (nSPS) is 18.9. The van der Waals surface area contributed by atoms with Crippen LogP contribution in [0.1, 0.15) is 39.5 Å². The predicted octanol–water partition coefficient (Wildman–Crippen LogP) is 3.63. The van der Waals surface area contributed by atoms with E-state index in [0.29, 0.717) is 5.41 Å². The van der Waals surface area contributed by atoms with E-state index >= 15 is 0 Å². The van der Waals surface area contributed by atoms with Crippen molar-refractivity contribution in [1.82, 2.24) is 5.32 Å². The largest absolute Gasteiger partial charge is 0.365 e. The molecular formula is C13H26N2S2. The lowest BCUT2D eigenvalue weighted by atomic mass is 9.97. The molecular weight excluding hydrogens is 248 g/mol. The first kappa shape index (κ1) is 15.2. The van der Waals surface area contributed by atoms with Crippen LogP contribution in [0.2, 0.25) is 0 Å². The number of thioether (sulfide) groups is 2. The molecule has 0 saturated heterocycles. The van der Waals surface area contributed by atoms with Crippen LogP contribution >= 0.6 is 23.5 Å². The molecule has 0 spiro atoms. The molecule has 0 aliphatic carbocycles. The molecule has 1 heterocycles. The first-order valence-corrected chi connectivity index (χ1v) is 8.92. The fraction of sp³-hybridized carbons (Fsp3) is 0.923. The summed E-state index contributed by atoms with van der Waals surface area (Å²) in [7, 11) is 0. The fourth-order valence-electron chi connectivity index (χ4n) is 1.67. The molecule has 4 heteroatoms. The van der Waals surface area contributed by atoms with Crippen molar-refractivity contribution in [2.24, 2.45) is 10.4 Å². The molecule has 100 valence electrons. The van der Waals surface area contributed by atoms with E-state index in [9.17, 15) is 0 Å². The zero-order valence-electron chi connectivity index (χ0n) is 11.4. The van der Waals surface area contributed by atoms with E-state index in [1.807, 2.05) is 23.5 Å². The maximum Gasteiger partial charge on any atom is 0.156 e. The quantitative estimate of drug-likeness (QED) is 0.718. The van der Waals surface area contributed by atoms with Crippen LogP contribution in [0.4, 0.5) is 0 Å². The Balaban J connectivity index is 1.98. The van der Waals surface area contributed by atoms with Crippen LogP contribution in [0, 0.1) is 5.41 Å². The Morgan fingerprint density at radius 1 is 1.29 bits per heavy atom. The summed E-state index contributed by atoms with van der Waals surface area (Å²) >= 11 is 3.83. The fourth-order valence-corrected chi connectivity index (χ4v) is 3.14. The van der Waals surface area contributed by atoms with Gasteiger partial charge in [0.15, 0.2) is 5.17 Å². The molecule has 0 atom stereocenters. The Bertz CT molecular complexity index is 240. The van der Waals surface area contributed by atoms with Gasteiger partial charge in [-0.05, 0) is 30.3 Å². The van der Waals surface area contributed by atoms with E-state index < -0.39 is 0 Å². The molecule has 0 fully saturated rings. The van der Waals surface area contributed by atoms with Gasteiger partial charge in [-0.25, -0.2) is 0 Å². The van der Waals surface area contributed by atoms with Crippen LogP contribution in [-0.4, -0.2) is 36.0 Å². The minimum absolute atomic E-state index is 0.383. The summed E-state index contributed by atoms with van der Waals surface area (Å²) in [6, 6.07) is 0. The molecule has 0 bridgehead atoms. The van der Waals surface area contributed by atoms with Crippen molar-refractivity contribution >= 4 is 28.7 Å². The Hall–Kier alpha value is 0.170. The highest BCUT2D eigenvalue weighted by Crippen LogP contribution is 2.26. The molecule has 2 nitrogen and oxygen atoms in total. The first-order chi connectivity index (χ1) is 8.14. The van der Waals surface area contributed by atoms with Gasteiger partial charge in [-0.2, -0.15) is 11.8 Å². The van der Waals surface area contributed by atoms with Crippen molar-refractivity contribution in [1.29, 1.82) is 0 Å². The third-order valence-corrected chi connectivity index (χ3v) is 4.97. The summed E-state index contributed by atoms with van der Waals surface area (Å²) in [6.07, 6.45) is 7.54. The average molecular weight is 274 g/mol. The molecule has 17 heavy (non-hydrogen) atoms. The van der Waals surface area contributed by atoms with Crippen LogP contribution in [0.5, 0.6) is 0 Å². The Morgan fingerprint density at radius 3 is 2.71 bits per heavy atom. The lowest BCUT2D eigenvalue weighted by molar-refractivity contribution is 0.436. The summed E-state index contributed by atoms with van der Waals surface area (Å²) in [6.45, 7) is 6.62. The second-order valence-electron chi connectivity index (χ2n) is 5.41. The highest BCUT2D eigenvalue weighted by molar-refractivity contribution is 8.13. The minimum Gasteiger partial charge on any atom is -0.365 e. The number of unbranched alkanes of at least 4 members (excludes halogenated alkanes) is 3. The van der Waals surface area contributed by atoms with Gasteiger partial charge in [-0.1, -0.05) is 38.5 Å². The number of nitrogens with zero attached hydrogens (tertiary/aromatic N) is 1. The summed E-state index contributed by atoms with van der Waals surface area (Å²) in [5, 5.41) is 4.62. The van der Waals surface area contributed by atoms with Gasteiger partial charge in [-0.3, -0.25) is 4.99 Å². The summed E-state index contributed by atoms with van der Waals surface area (Å²) in [4.78, 5) is 4.59. The van der Waals surface area contributed by atoms with Crippen LogP contribution in [-0.2, 0) is 0 Å². The second-order valence-corrected chi connectivity index (χ2v) is 7.36. The third-order valence-electron chi connectivity index (χ3n) is 2.80. The van der Waals surface area contributed by atoms with Crippen molar-refractivity contribution in [3.05, 3.63) is 0 Å². The van der Waals surface area contributed by atoms with E-state index in [2.05, 4.69) is 30.4 Å². The maximum atomic E-state index is 4.59. The molecule has 0 aromatic carbocycles. The van der Waals surface area contributed by atoms with Gasteiger partial charge in [-0.15, -0.1) is 0 Å². The van der Waals surface area contributed by atoms with E-state index in [-0.39, 0.29) is 0 Å². The molecule has 0 aromatic heterocycles. The number of amidine groups is 1. The second kappa shape index (κ2) is 8.30. The highest BCUT2D eigenvalue weighted by Gasteiger charge is 2.22. The number of rotatable bonds is 7. The van der Waals surface area contributed by atoms with Crippen LogP contribution < -0.4 is 5.32 Å². The zero-order chi connectivity index (χ0) is 12.6. The van der Waals surface area contributed by atoms with Gasteiger partial charge in [0.1, 0.15) is 0 Å². The average Bonchev–Trinajstić information content (AvgIpc) is 2.30. The minimum atomic E-state index is 0.383. The van der Waals surface area contributed by atoms with Crippen LogP contribution in [0.3, 0.4) is 0 Å². The first-order valence-electron chi connectivity index (χ1n) is 6.54. The van der Waals surface area contributed by atoms with Crippen molar-refractivity contribution in [3.63, 3.8) is 0 Å². The van der Waals surface area contributed by atoms with Crippen LogP contribution in [0.25, 0.3) is 0 Å². The van der Waals surface area contributed by atoms with E-state index in [4.69, 9.17) is 0 Å². The summed E-state index contributed by atoms with van der Waals surface area (Å²) in [5.74, 6) is 2.50. The number of nitrogens with one attached hydrogen (secondary N) is 1. The van der Waals surface area contributed by atoms with Crippen LogP contribution in [0.15, 0.2) is 4.99 Å². The standard InChI is InChI=1S/C13H26N2S2/c1-13(2)10-15-12(17-11-13)14-8-6-4-5-7-9-16-3/h4-11H2,1-3H3,(H,14,15). The van der Waals surface area contributed by atoms with Gasteiger partial charge in [0.2, 0.25) is 0 Å². The van der Waals surface area contributed by atoms with Gasteiger partial charge in [0, 0.05) is 18.8 Å². The summed E-state index contributed by atoms with van der Waals surface area (Å²) < 4.78 is 0. The predicted molar refractivity (Wildman–Crippen MR) is 83.4 cm³/mol. The molecule has 0 saturated carbocycles. The highest BCUT2D eigenvalue weighted by atomic mass is 32.2. The van der Waals surface area contributed by atoms with Crippen molar-refractivity contribution < 1.29 is 0 Å². The zero-order valence-corrected chi connectivity index (χ0v) is 13.1. The Labute approximate surface area is 115 Å². The van der Waals surface area contributed by atoms with Gasteiger partial charge in [0.05, 0.1) is 0 Å². The smallest absolute Gasteiger partial charge is 0.156 e. The Morgan fingerprint density at radius 2 is 2.06 bits per heavy atom. The van der Waals surface area contributed by atoms with E-state index in [0.717, 1.165) is 18.3 Å². The van der Waals surface area contributed by atoms with E-state index in [1.165, 1.54) is 37.2 Å². The molecule has 0 aromatic rings. The molecule has 0 radical (unpaired) electrons. The van der Waals surface area contributed by atoms with Crippen molar-refractivity contribution in [3.8, 4) is 0 Å². The van der Waals surface area contributed by atoms with E-state index in [1.54, 1.807) is 0 Å². The number of aliphatic imine (C=N–C) groups is 1.